The maximum atomic E-state index is 12.7. The number of nitrogens with zero attached hydrogens (tertiary/aromatic N) is 3. The minimum Gasteiger partial charge on any atom is -0.368 e. The average molecular weight is 309 g/mol. The molecule has 1 amide bonds. The van der Waals surface area contributed by atoms with E-state index in [2.05, 4.69) is 15.9 Å². The van der Waals surface area contributed by atoms with Crippen molar-refractivity contribution in [1.82, 2.24) is 14.9 Å². The Labute approximate surface area is 135 Å². The molecule has 3 rings (SSSR count). The second-order valence-corrected chi connectivity index (χ2v) is 5.72. The summed E-state index contributed by atoms with van der Waals surface area (Å²) in [7, 11) is 0. The fraction of sp³-hybridized carbons (Fsp3) is 0.389. The van der Waals surface area contributed by atoms with Crippen LogP contribution < -0.4 is 0 Å². The van der Waals surface area contributed by atoms with Crippen molar-refractivity contribution in [2.45, 2.75) is 12.8 Å². The number of rotatable bonds is 4. The standard InChI is InChI=1S/C18H19N3O2/c1-2-10-23-13-14-6-5-9-21(12-14)18(22)17-11-19-15-7-3-4-8-16(15)20-17/h1,3-4,7-8,11,14H,5-6,9-10,12-13H2. The van der Waals surface area contributed by atoms with Gasteiger partial charge in [0.1, 0.15) is 12.3 Å². The summed E-state index contributed by atoms with van der Waals surface area (Å²) in [6, 6.07) is 7.55. The van der Waals surface area contributed by atoms with Gasteiger partial charge >= 0.3 is 0 Å². The van der Waals surface area contributed by atoms with Crippen molar-refractivity contribution < 1.29 is 9.53 Å². The number of hydrogen-bond donors (Lipinski definition) is 0. The van der Waals surface area contributed by atoms with Gasteiger partial charge in [-0.1, -0.05) is 18.1 Å². The molecule has 0 radical (unpaired) electrons. The topological polar surface area (TPSA) is 55.3 Å². The first-order valence-corrected chi connectivity index (χ1v) is 7.80. The molecule has 2 heterocycles. The Bertz CT molecular complexity index is 738. The summed E-state index contributed by atoms with van der Waals surface area (Å²) in [5.41, 5.74) is 1.93. The molecule has 1 unspecified atom stereocenters. The Balaban J connectivity index is 1.69. The SMILES string of the molecule is C#CCOCC1CCCN(C(=O)c2cnc3ccccc3n2)C1. The molecule has 5 nitrogen and oxygen atoms in total. The molecule has 1 aromatic carbocycles. The lowest BCUT2D eigenvalue weighted by atomic mass is 9.98. The van der Waals surface area contributed by atoms with Gasteiger partial charge in [0.05, 0.1) is 23.8 Å². The smallest absolute Gasteiger partial charge is 0.274 e. The van der Waals surface area contributed by atoms with E-state index in [1.54, 1.807) is 6.20 Å². The highest BCUT2D eigenvalue weighted by atomic mass is 16.5. The quantitative estimate of drug-likeness (QED) is 0.641. The van der Waals surface area contributed by atoms with E-state index in [0.717, 1.165) is 30.4 Å². The molecule has 1 aliphatic heterocycles. The van der Waals surface area contributed by atoms with Gasteiger partial charge in [0.25, 0.3) is 5.91 Å². The molecule has 1 fully saturated rings. The van der Waals surface area contributed by atoms with Gasteiger partial charge in [0, 0.05) is 19.0 Å². The molecule has 1 aliphatic rings. The number of piperidine rings is 1. The molecule has 0 spiro atoms. The van der Waals surface area contributed by atoms with Crippen LogP contribution in [0.5, 0.6) is 0 Å². The molecule has 1 aromatic heterocycles. The van der Waals surface area contributed by atoms with E-state index in [-0.39, 0.29) is 5.91 Å². The van der Waals surface area contributed by atoms with Crippen LogP contribution in [0, 0.1) is 18.3 Å². The number of fused-ring (bicyclic) bond motifs is 1. The summed E-state index contributed by atoms with van der Waals surface area (Å²) in [6.07, 6.45) is 8.77. The maximum Gasteiger partial charge on any atom is 0.274 e. The molecule has 0 saturated carbocycles. The van der Waals surface area contributed by atoms with Gasteiger partial charge in [-0.3, -0.25) is 9.78 Å². The lowest BCUT2D eigenvalue weighted by Gasteiger charge is -2.32. The van der Waals surface area contributed by atoms with Crippen LogP contribution in [0.2, 0.25) is 0 Å². The summed E-state index contributed by atoms with van der Waals surface area (Å²) in [6.45, 7) is 2.34. The van der Waals surface area contributed by atoms with E-state index in [1.807, 2.05) is 29.2 Å². The molecular weight excluding hydrogens is 290 g/mol. The Morgan fingerprint density at radius 1 is 1.39 bits per heavy atom. The van der Waals surface area contributed by atoms with Crippen LogP contribution in [0.3, 0.4) is 0 Å². The number of carbonyl (C=O) groups excluding carboxylic acids is 1. The number of aromatic nitrogens is 2. The van der Waals surface area contributed by atoms with E-state index in [4.69, 9.17) is 11.2 Å². The van der Waals surface area contributed by atoms with Gasteiger partial charge in [-0.2, -0.15) is 0 Å². The predicted molar refractivity (Wildman–Crippen MR) is 87.8 cm³/mol. The average Bonchev–Trinajstić information content (AvgIpc) is 2.61. The number of hydrogen-bond acceptors (Lipinski definition) is 4. The van der Waals surface area contributed by atoms with Crippen molar-refractivity contribution in [3.8, 4) is 12.3 Å². The van der Waals surface area contributed by atoms with E-state index < -0.39 is 0 Å². The third-order valence-electron chi connectivity index (χ3n) is 4.01. The van der Waals surface area contributed by atoms with Gasteiger partial charge < -0.3 is 9.64 Å². The number of para-hydroxylation sites is 2. The van der Waals surface area contributed by atoms with Crippen LogP contribution in [0.1, 0.15) is 23.3 Å². The highest BCUT2D eigenvalue weighted by molar-refractivity contribution is 5.93. The Morgan fingerprint density at radius 3 is 3.04 bits per heavy atom. The van der Waals surface area contributed by atoms with E-state index in [9.17, 15) is 4.79 Å². The van der Waals surface area contributed by atoms with Crippen molar-refractivity contribution in [2.75, 3.05) is 26.3 Å². The summed E-state index contributed by atoms with van der Waals surface area (Å²) < 4.78 is 5.41. The van der Waals surface area contributed by atoms with Crippen LogP contribution in [-0.2, 0) is 4.74 Å². The van der Waals surface area contributed by atoms with Crippen LogP contribution in [0.4, 0.5) is 0 Å². The first-order valence-electron chi connectivity index (χ1n) is 7.80. The number of amides is 1. The zero-order valence-corrected chi connectivity index (χ0v) is 12.9. The minimum atomic E-state index is -0.0649. The zero-order chi connectivity index (χ0) is 16.1. The molecule has 1 atom stereocenters. The summed E-state index contributed by atoms with van der Waals surface area (Å²) in [5, 5.41) is 0. The Hall–Kier alpha value is -2.45. The molecule has 0 aliphatic carbocycles. The zero-order valence-electron chi connectivity index (χ0n) is 12.9. The number of ether oxygens (including phenoxy) is 1. The molecule has 0 N–H and O–H groups in total. The number of carbonyl (C=O) groups is 1. The van der Waals surface area contributed by atoms with Crippen molar-refractivity contribution in [3.05, 3.63) is 36.2 Å². The lowest BCUT2D eigenvalue weighted by Crippen LogP contribution is -2.41. The third-order valence-corrected chi connectivity index (χ3v) is 4.01. The molecule has 23 heavy (non-hydrogen) atoms. The summed E-state index contributed by atoms with van der Waals surface area (Å²) in [5.74, 6) is 2.73. The van der Waals surface area contributed by atoms with E-state index in [0.29, 0.717) is 31.4 Å². The van der Waals surface area contributed by atoms with Crippen LogP contribution >= 0.6 is 0 Å². The highest BCUT2D eigenvalue weighted by Gasteiger charge is 2.25. The van der Waals surface area contributed by atoms with Gasteiger partial charge in [0.15, 0.2) is 0 Å². The molecule has 1 saturated heterocycles. The van der Waals surface area contributed by atoms with Gasteiger partial charge in [-0.05, 0) is 25.0 Å². The molecular formula is C18H19N3O2. The van der Waals surface area contributed by atoms with Gasteiger partial charge in [0.2, 0.25) is 0 Å². The second kappa shape index (κ2) is 7.21. The molecule has 118 valence electrons. The van der Waals surface area contributed by atoms with Gasteiger partial charge in [-0.25, -0.2) is 4.98 Å². The van der Waals surface area contributed by atoms with Gasteiger partial charge in [-0.15, -0.1) is 6.42 Å². The Morgan fingerprint density at radius 2 is 2.22 bits per heavy atom. The highest BCUT2D eigenvalue weighted by Crippen LogP contribution is 2.19. The first kappa shape index (κ1) is 15.4. The molecule has 2 aromatic rings. The minimum absolute atomic E-state index is 0.0649. The largest absolute Gasteiger partial charge is 0.368 e. The Kier molecular flexibility index (Phi) is 4.84. The number of terminal acetylenes is 1. The van der Waals surface area contributed by atoms with E-state index >= 15 is 0 Å². The number of likely N-dealkylation sites (tertiary alicyclic amines) is 1. The summed E-state index contributed by atoms with van der Waals surface area (Å²) >= 11 is 0. The van der Waals surface area contributed by atoms with E-state index in [1.165, 1.54) is 0 Å². The number of benzene rings is 1. The molecule has 5 heteroatoms. The van der Waals surface area contributed by atoms with Crippen molar-refractivity contribution in [1.29, 1.82) is 0 Å². The third kappa shape index (κ3) is 3.66. The monoisotopic (exact) mass is 309 g/mol. The molecule has 0 bridgehead atoms. The van der Waals surface area contributed by atoms with Crippen molar-refractivity contribution in [3.63, 3.8) is 0 Å². The van der Waals surface area contributed by atoms with Crippen LogP contribution in [0.25, 0.3) is 11.0 Å². The van der Waals surface area contributed by atoms with Crippen LogP contribution in [-0.4, -0.2) is 47.1 Å². The lowest BCUT2D eigenvalue weighted by molar-refractivity contribution is 0.0529. The van der Waals surface area contributed by atoms with Crippen molar-refractivity contribution >= 4 is 16.9 Å². The fourth-order valence-corrected chi connectivity index (χ4v) is 2.89. The second-order valence-electron chi connectivity index (χ2n) is 5.72. The maximum absolute atomic E-state index is 12.7. The predicted octanol–water partition coefficient (Wildman–Crippen LogP) is 2.13. The normalized spacial score (nSPS) is 17.9. The fourth-order valence-electron chi connectivity index (χ4n) is 2.89. The first-order chi connectivity index (χ1) is 11.3. The van der Waals surface area contributed by atoms with Crippen molar-refractivity contribution in [2.24, 2.45) is 5.92 Å². The van der Waals surface area contributed by atoms with Crippen LogP contribution in [0.15, 0.2) is 30.5 Å². The summed E-state index contributed by atoms with van der Waals surface area (Å²) in [4.78, 5) is 23.3.